The maximum Gasteiger partial charge on any atom is 0.263 e. The number of β-amino-alcohol motifs (C(OH)–C–C–N with tert-alkyl or cyclic N) is 1. The highest BCUT2D eigenvalue weighted by Crippen LogP contribution is 2.28. The van der Waals surface area contributed by atoms with Crippen LogP contribution < -0.4 is 10.2 Å². The molecule has 0 aromatic heterocycles. The van der Waals surface area contributed by atoms with E-state index in [0.29, 0.717) is 17.8 Å². The van der Waals surface area contributed by atoms with Crippen LogP contribution in [0.5, 0.6) is 0 Å². The first-order valence-electron chi connectivity index (χ1n) is 9.02. The molecule has 2 aliphatic rings. The van der Waals surface area contributed by atoms with Gasteiger partial charge in [-0.05, 0) is 12.1 Å². The number of aliphatic hydroxyl groups is 1. The van der Waals surface area contributed by atoms with Gasteiger partial charge < -0.3 is 15.3 Å². The van der Waals surface area contributed by atoms with Crippen molar-refractivity contribution in [2.75, 3.05) is 64.4 Å². The van der Waals surface area contributed by atoms with Crippen molar-refractivity contribution in [2.45, 2.75) is 0 Å². The van der Waals surface area contributed by atoms with Crippen molar-refractivity contribution < 1.29 is 14.7 Å². The second-order valence-electron chi connectivity index (χ2n) is 6.63. The molecule has 3 rings (SSSR count). The molecule has 2 aliphatic heterocycles. The Labute approximate surface area is 153 Å². The molecule has 140 valence electrons. The molecule has 0 spiro atoms. The van der Waals surface area contributed by atoms with Gasteiger partial charge in [-0.15, -0.1) is 0 Å². The summed E-state index contributed by atoms with van der Waals surface area (Å²) in [6, 6.07) is 7.16. The summed E-state index contributed by atoms with van der Waals surface area (Å²) in [5.74, 6) is -0.507. The maximum absolute atomic E-state index is 12.6. The van der Waals surface area contributed by atoms with Crippen molar-refractivity contribution in [3.8, 4) is 0 Å². The van der Waals surface area contributed by atoms with Crippen molar-refractivity contribution in [1.29, 1.82) is 0 Å². The number of hydrogen-bond donors (Lipinski definition) is 2. The summed E-state index contributed by atoms with van der Waals surface area (Å²) in [7, 11) is 1.69. The first-order valence-corrected chi connectivity index (χ1v) is 9.02. The van der Waals surface area contributed by atoms with Gasteiger partial charge in [0, 0.05) is 64.6 Å². The zero-order chi connectivity index (χ0) is 18.5. The van der Waals surface area contributed by atoms with Crippen LogP contribution in [0.15, 0.2) is 36.0 Å². The lowest BCUT2D eigenvalue weighted by Crippen LogP contribution is -2.48. The Morgan fingerprint density at radius 3 is 2.42 bits per heavy atom. The van der Waals surface area contributed by atoms with Gasteiger partial charge in [-0.1, -0.05) is 12.1 Å². The van der Waals surface area contributed by atoms with E-state index in [2.05, 4.69) is 15.1 Å². The van der Waals surface area contributed by atoms with Gasteiger partial charge in [0.05, 0.1) is 12.3 Å². The fourth-order valence-electron chi connectivity index (χ4n) is 3.39. The van der Waals surface area contributed by atoms with Crippen LogP contribution in [0.1, 0.15) is 10.4 Å². The minimum absolute atomic E-state index is 0.180. The molecule has 2 N–H and O–H groups in total. The van der Waals surface area contributed by atoms with Gasteiger partial charge in [0.2, 0.25) is 5.78 Å². The van der Waals surface area contributed by atoms with E-state index < -0.39 is 0 Å². The number of benzene rings is 1. The molecule has 0 unspecified atom stereocenters. The molecule has 1 fully saturated rings. The van der Waals surface area contributed by atoms with Gasteiger partial charge in [-0.25, -0.2) is 0 Å². The van der Waals surface area contributed by atoms with E-state index in [1.165, 1.54) is 4.90 Å². The molecule has 0 radical (unpaired) electrons. The van der Waals surface area contributed by atoms with Crippen LogP contribution in [0.25, 0.3) is 0 Å². The predicted molar refractivity (Wildman–Crippen MR) is 100 cm³/mol. The number of aliphatic hydroxyl groups excluding tert-OH is 1. The average molecular weight is 358 g/mol. The highest BCUT2D eigenvalue weighted by Gasteiger charge is 2.32. The zero-order valence-corrected chi connectivity index (χ0v) is 15.1. The van der Waals surface area contributed by atoms with Crippen molar-refractivity contribution >= 4 is 17.4 Å². The number of Topliss-reactive ketones (excluding diaryl/α,β-unsaturated/α-hetero) is 1. The largest absolute Gasteiger partial charge is 0.395 e. The molecule has 0 saturated carbocycles. The number of carbonyl (C=O) groups excluding carboxylic acids is 2. The van der Waals surface area contributed by atoms with Gasteiger partial charge in [0.15, 0.2) is 0 Å². The predicted octanol–water partition coefficient (Wildman–Crippen LogP) is -0.0709. The van der Waals surface area contributed by atoms with Gasteiger partial charge in [-0.2, -0.15) is 0 Å². The lowest BCUT2D eigenvalue weighted by molar-refractivity contribution is -0.114. The molecular formula is C19H26N4O3. The quantitative estimate of drug-likeness (QED) is 0.421. The Kier molecular flexibility index (Phi) is 6.03. The lowest BCUT2D eigenvalue weighted by atomic mass is 9.96. The molecule has 1 aromatic carbocycles. The molecule has 0 atom stereocenters. The number of hydrogen-bond acceptors (Lipinski definition) is 6. The fourth-order valence-corrected chi connectivity index (χ4v) is 3.39. The molecular weight excluding hydrogens is 332 g/mol. The molecule has 1 aromatic rings. The Hall–Kier alpha value is -2.22. The maximum atomic E-state index is 12.6. The fraction of sp³-hybridized carbons (Fsp3) is 0.474. The highest BCUT2D eigenvalue weighted by molar-refractivity contribution is 6.34. The number of carbonyl (C=O) groups is 2. The molecule has 2 heterocycles. The normalized spacial score (nSPS) is 20.5. The smallest absolute Gasteiger partial charge is 0.263 e. The Balaban J connectivity index is 1.53. The van der Waals surface area contributed by atoms with Crippen molar-refractivity contribution in [3.63, 3.8) is 0 Å². The van der Waals surface area contributed by atoms with Gasteiger partial charge in [-0.3, -0.25) is 19.4 Å². The minimum atomic E-state index is -0.279. The summed E-state index contributed by atoms with van der Waals surface area (Å²) >= 11 is 0. The number of piperazine rings is 1. The van der Waals surface area contributed by atoms with E-state index in [-0.39, 0.29) is 23.9 Å². The number of nitrogens with zero attached hydrogens (tertiary/aromatic N) is 3. The van der Waals surface area contributed by atoms with Crippen LogP contribution >= 0.6 is 0 Å². The third kappa shape index (κ3) is 3.95. The molecule has 7 nitrogen and oxygen atoms in total. The van der Waals surface area contributed by atoms with Crippen LogP contribution in [0.2, 0.25) is 0 Å². The van der Waals surface area contributed by atoms with E-state index in [9.17, 15) is 9.59 Å². The SMILES string of the molecule is CN1C(=O)C(=CNCCN2CCN(CCO)CC2)C(=O)c2ccccc21. The molecule has 1 amide bonds. The van der Waals surface area contributed by atoms with Crippen molar-refractivity contribution in [1.82, 2.24) is 15.1 Å². The van der Waals surface area contributed by atoms with E-state index in [1.54, 1.807) is 25.4 Å². The molecule has 0 aliphatic carbocycles. The van der Waals surface area contributed by atoms with Crippen molar-refractivity contribution in [2.24, 2.45) is 0 Å². The standard InChI is InChI=1S/C19H26N4O3/c1-21-17-5-3-2-4-15(17)18(25)16(19(21)26)14-20-6-7-22-8-10-23(11-9-22)12-13-24/h2-5,14,20,24H,6-13H2,1H3. The molecule has 1 saturated heterocycles. The first-order chi connectivity index (χ1) is 12.6. The number of likely N-dealkylation sites (N-methyl/N-ethyl adjacent to an activating group) is 1. The highest BCUT2D eigenvalue weighted by atomic mass is 16.3. The summed E-state index contributed by atoms with van der Waals surface area (Å²) < 4.78 is 0. The van der Waals surface area contributed by atoms with Gasteiger partial charge in [0.1, 0.15) is 5.57 Å². The Bertz CT molecular complexity index is 696. The number of para-hydroxylation sites is 1. The molecule has 0 bridgehead atoms. The minimum Gasteiger partial charge on any atom is -0.395 e. The van der Waals surface area contributed by atoms with E-state index in [4.69, 9.17) is 5.11 Å². The number of ketones is 1. The molecule has 7 heteroatoms. The third-order valence-electron chi connectivity index (χ3n) is 4.99. The second-order valence-corrected chi connectivity index (χ2v) is 6.63. The van der Waals surface area contributed by atoms with Crippen molar-refractivity contribution in [3.05, 3.63) is 41.6 Å². The van der Waals surface area contributed by atoms with Gasteiger partial charge >= 0.3 is 0 Å². The number of amides is 1. The number of nitrogens with one attached hydrogen (secondary N) is 1. The van der Waals surface area contributed by atoms with E-state index >= 15 is 0 Å². The lowest BCUT2D eigenvalue weighted by Gasteiger charge is -2.34. The average Bonchev–Trinajstić information content (AvgIpc) is 2.67. The van der Waals surface area contributed by atoms with Crippen LogP contribution in [0, 0.1) is 0 Å². The number of fused-ring (bicyclic) bond motifs is 1. The van der Waals surface area contributed by atoms with E-state index in [0.717, 1.165) is 39.3 Å². The van der Waals surface area contributed by atoms with Gasteiger partial charge in [0.25, 0.3) is 5.91 Å². The number of anilines is 1. The summed E-state index contributed by atoms with van der Waals surface area (Å²) in [6.45, 7) is 6.31. The Morgan fingerprint density at radius 1 is 1.08 bits per heavy atom. The summed E-state index contributed by atoms with van der Waals surface area (Å²) in [5, 5.41) is 12.1. The first kappa shape index (κ1) is 18.6. The Morgan fingerprint density at radius 2 is 1.73 bits per heavy atom. The third-order valence-corrected chi connectivity index (χ3v) is 4.99. The summed E-state index contributed by atoms with van der Waals surface area (Å²) in [6.07, 6.45) is 1.55. The van der Waals surface area contributed by atoms with Crippen LogP contribution in [-0.4, -0.2) is 86.1 Å². The van der Waals surface area contributed by atoms with Crippen LogP contribution in [0.4, 0.5) is 5.69 Å². The monoisotopic (exact) mass is 358 g/mol. The second kappa shape index (κ2) is 8.44. The van der Waals surface area contributed by atoms with Crippen LogP contribution in [0.3, 0.4) is 0 Å². The summed E-state index contributed by atoms with van der Waals surface area (Å²) in [5.41, 5.74) is 1.39. The van der Waals surface area contributed by atoms with E-state index in [1.807, 2.05) is 12.1 Å². The number of rotatable bonds is 6. The zero-order valence-electron chi connectivity index (χ0n) is 15.1. The topological polar surface area (TPSA) is 76.1 Å². The van der Waals surface area contributed by atoms with Crippen LogP contribution in [-0.2, 0) is 4.79 Å². The molecule has 26 heavy (non-hydrogen) atoms. The summed E-state index contributed by atoms with van der Waals surface area (Å²) in [4.78, 5) is 31.1.